The van der Waals surface area contributed by atoms with Gasteiger partial charge in [0.1, 0.15) is 5.75 Å². The van der Waals surface area contributed by atoms with Crippen LogP contribution in [0.2, 0.25) is 5.02 Å². The number of halogens is 1. The normalized spacial score (nSPS) is 16.9. The van der Waals surface area contributed by atoms with Gasteiger partial charge in [-0.2, -0.15) is 0 Å². The summed E-state index contributed by atoms with van der Waals surface area (Å²) in [6.07, 6.45) is 4.77. The molecule has 0 aromatic heterocycles. The van der Waals surface area contributed by atoms with Crippen LogP contribution in [0.5, 0.6) is 5.75 Å². The first-order chi connectivity index (χ1) is 9.69. The summed E-state index contributed by atoms with van der Waals surface area (Å²) in [7, 11) is 0. The molecule has 1 saturated carbocycles. The van der Waals surface area contributed by atoms with Gasteiger partial charge in [0.2, 0.25) is 0 Å². The average molecular weight is 297 g/mol. The number of rotatable bonds is 6. The lowest BCUT2D eigenvalue weighted by molar-refractivity contribution is -0.124. The Morgan fingerprint density at radius 1 is 1.35 bits per heavy atom. The van der Waals surface area contributed by atoms with Crippen molar-refractivity contribution in [2.45, 2.75) is 31.7 Å². The molecule has 3 N–H and O–H groups in total. The number of carbonyl (C=O) groups excluding carboxylic acids is 1. The topological polar surface area (TPSA) is 64.3 Å². The number of amides is 1. The van der Waals surface area contributed by atoms with Gasteiger partial charge in [-0.25, -0.2) is 0 Å². The minimum atomic E-state index is -0.123. The maximum absolute atomic E-state index is 11.9. The maximum atomic E-state index is 11.9. The summed E-state index contributed by atoms with van der Waals surface area (Å²) in [5, 5.41) is 3.62. The molecule has 0 bridgehead atoms. The Balaban J connectivity index is 1.77. The third-order valence-electron chi connectivity index (χ3n) is 3.75. The zero-order valence-corrected chi connectivity index (χ0v) is 12.2. The predicted molar refractivity (Wildman–Crippen MR) is 79.9 cm³/mol. The quantitative estimate of drug-likeness (QED) is 0.847. The molecule has 0 heterocycles. The van der Waals surface area contributed by atoms with E-state index in [2.05, 4.69) is 5.32 Å². The lowest BCUT2D eigenvalue weighted by atomic mass is 9.98. The fourth-order valence-corrected chi connectivity index (χ4v) is 2.78. The molecular formula is C15H21ClN2O2. The summed E-state index contributed by atoms with van der Waals surface area (Å²) in [6.45, 7) is 0.488. The number of hydrogen-bond acceptors (Lipinski definition) is 3. The molecule has 0 aliphatic heterocycles. The van der Waals surface area contributed by atoms with Gasteiger partial charge in [-0.05, 0) is 43.0 Å². The van der Waals surface area contributed by atoms with Crippen LogP contribution in [0.1, 0.15) is 25.7 Å². The average Bonchev–Trinajstić information content (AvgIpc) is 2.98. The lowest BCUT2D eigenvalue weighted by Crippen LogP contribution is -2.46. The number of nitrogens with one attached hydrogen (secondary N) is 1. The van der Waals surface area contributed by atoms with Crippen LogP contribution in [0.3, 0.4) is 0 Å². The van der Waals surface area contributed by atoms with Crippen LogP contribution < -0.4 is 15.8 Å². The second-order valence-corrected chi connectivity index (χ2v) is 5.63. The summed E-state index contributed by atoms with van der Waals surface area (Å²) < 4.78 is 5.42. The maximum Gasteiger partial charge on any atom is 0.258 e. The number of ether oxygens (including phenoxy) is 1. The van der Waals surface area contributed by atoms with Crippen molar-refractivity contribution in [3.8, 4) is 5.75 Å². The first kappa shape index (κ1) is 15.1. The Kier molecular flexibility index (Phi) is 5.68. The molecule has 110 valence electrons. The number of hydrogen-bond donors (Lipinski definition) is 2. The first-order valence-electron chi connectivity index (χ1n) is 7.07. The molecule has 0 spiro atoms. The summed E-state index contributed by atoms with van der Waals surface area (Å²) in [5.41, 5.74) is 5.75. The fourth-order valence-electron chi connectivity index (χ4n) is 2.66. The minimum absolute atomic E-state index is 0.00481. The van der Waals surface area contributed by atoms with Gasteiger partial charge in [-0.15, -0.1) is 0 Å². The molecule has 1 amide bonds. The van der Waals surface area contributed by atoms with Gasteiger partial charge in [0.25, 0.3) is 5.91 Å². The highest BCUT2D eigenvalue weighted by atomic mass is 35.5. The Hall–Kier alpha value is -1.26. The number of nitrogens with two attached hydrogens (primary N) is 1. The van der Waals surface area contributed by atoms with Crippen LogP contribution in [-0.4, -0.2) is 25.1 Å². The molecule has 1 aromatic rings. The van der Waals surface area contributed by atoms with Crippen molar-refractivity contribution >= 4 is 17.5 Å². The van der Waals surface area contributed by atoms with E-state index < -0.39 is 0 Å². The molecule has 0 radical (unpaired) electrons. The van der Waals surface area contributed by atoms with E-state index >= 15 is 0 Å². The molecule has 1 aliphatic carbocycles. The highest BCUT2D eigenvalue weighted by Crippen LogP contribution is 2.27. The smallest absolute Gasteiger partial charge is 0.258 e. The largest absolute Gasteiger partial charge is 0.484 e. The summed E-state index contributed by atoms with van der Waals surface area (Å²) in [4.78, 5) is 11.9. The summed E-state index contributed by atoms with van der Waals surface area (Å²) >= 11 is 5.79. The molecule has 0 saturated heterocycles. The van der Waals surface area contributed by atoms with Crippen molar-refractivity contribution < 1.29 is 9.53 Å². The number of benzene rings is 1. The second kappa shape index (κ2) is 7.50. The van der Waals surface area contributed by atoms with Gasteiger partial charge in [-0.1, -0.05) is 24.4 Å². The van der Waals surface area contributed by atoms with Crippen LogP contribution in [0.25, 0.3) is 0 Å². The fraction of sp³-hybridized carbons (Fsp3) is 0.533. The van der Waals surface area contributed by atoms with E-state index in [-0.39, 0.29) is 18.6 Å². The van der Waals surface area contributed by atoms with Crippen molar-refractivity contribution in [1.29, 1.82) is 0 Å². The van der Waals surface area contributed by atoms with Crippen LogP contribution in [0.15, 0.2) is 24.3 Å². The third kappa shape index (κ3) is 4.39. The first-order valence-corrected chi connectivity index (χ1v) is 7.44. The van der Waals surface area contributed by atoms with Crippen LogP contribution in [-0.2, 0) is 4.79 Å². The summed E-state index contributed by atoms with van der Waals surface area (Å²) in [5.74, 6) is 1.02. The van der Waals surface area contributed by atoms with E-state index in [9.17, 15) is 4.79 Å². The Labute approximate surface area is 124 Å². The van der Waals surface area contributed by atoms with Crippen molar-refractivity contribution in [3.05, 3.63) is 29.3 Å². The zero-order chi connectivity index (χ0) is 14.4. The van der Waals surface area contributed by atoms with E-state index in [1.807, 2.05) is 0 Å². The Bertz CT molecular complexity index is 430. The van der Waals surface area contributed by atoms with E-state index in [1.54, 1.807) is 24.3 Å². The molecule has 20 heavy (non-hydrogen) atoms. The van der Waals surface area contributed by atoms with Crippen molar-refractivity contribution in [2.75, 3.05) is 13.2 Å². The van der Waals surface area contributed by atoms with Gasteiger partial charge in [0, 0.05) is 17.6 Å². The molecule has 1 unspecified atom stereocenters. The van der Waals surface area contributed by atoms with Crippen molar-refractivity contribution in [3.63, 3.8) is 0 Å². The lowest BCUT2D eigenvalue weighted by Gasteiger charge is -2.23. The highest BCUT2D eigenvalue weighted by Gasteiger charge is 2.25. The predicted octanol–water partition coefficient (Wildman–Crippen LogP) is 2.35. The zero-order valence-electron chi connectivity index (χ0n) is 11.5. The van der Waals surface area contributed by atoms with Crippen molar-refractivity contribution in [2.24, 2.45) is 11.7 Å². The van der Waals surface area contributed by atoms with Crippen LogP contribution in [0, 0.1) is 5.92 Å². The van der Waals surface area contributed by atoms with Gasteiger partial charge in [0.15, 0.2) is 6.61 Å². The van der Waals surface area contributed by atoms with Crippen LogP contribution in [0.4, 0.5) is 0 Å². The molecule has 1 fully saturated rings. The molecule has 1 aliphatic rings. The van der Waals surface area contributed by atoms with E-state index in [1.165, 1.54) is 12.8 Å². The molecule has 2 rings (SSSR count). The summed E-state index contributed by atoms with van der Waals surface area (Å²) in [6, 6.07) is 7.02. The van der Waals surface area contributed by atoms with E-state index in [4.69, 9.17) is 22.1 Å². The molecule has 1 atom stereocenters. The van der Waals surface area contributed by atoms with Gasteiger partial charge in [-0.3, -0.25) is 4.79 Å². The standard InChI is InChI=1S/C15H21ClN2O2/c16-12-5-7-13(8-6-12)20-10-15(19)18-14(9-17)11-3-1-2-4-11/h5-8,11,14H,1-4,9-10,17H2,(H,18,19). The molecule has 5 heteroatoms. The van der Waals surface area contributed by atoms with Gasteiger partial charge in [0.05, 0.1) is 0 Å². The van der Waals surface area contributed by atoms with Gasteiger partial charge < -0.3 is 15.8 Å². The monoisotopic (exact) mass is 296 g/mol. The SMILES string of the molecule is NCC(NC(=O)COc1ccc(Cl)cc1)C1CCCC1. The van der Waals surface area contributed by atoms with E-state index in [0.717, 1.165) is 12.8 Å². The Morgan fingerprint density at radius 2 is 2.00 bits per heavy atom. The molecule has 4 nitrogen and oxygen atoms in total. The Morgan fingerprint density at radius 3 is 2.60 bits per heavy atom. The van der Waals surface area contributed by atoms with E-state index in [0.29, 0.717) is 23.2 Å². The number of carbonyl (C=O) groups is 1. The minimum Gasteiger partial charge on any atom is -0.484 e. The highest BCUT2D eigenvalue weighted by molar-refractivity contribution is 6.30. The second-order valence-electron chi connectivity index (χ2n) is 5.20. The van der Waals surface area contributed by atoms with Crippen LogP contribution >= 0.6 is 11.6 Å². The van der Waals surface area contributed by atoms with Crippen molar-refractivity contribution in [1.82, 2.24) is 5.32 Å². The molecule has 1 aromatic carbocycles. The molecular weight excluding hydrogens is 276 g/mol. The van der Waals surface area contributed by atoms with Gasteiger partial charge >= 0.3 is 0 Å². The third-order valence-corrected chi connectivity index (χ3v) is 4.00.